The maximum Gasteiger partial charge on any atom is 0.325 e. The lowest BCUT2D eigenvalue weighted by molar-refractivity contribution is -0.157. The largest absolute Gasteiger partial charge is 0.480 e. The van der Waals surface area contributed by atoms with Crippen molar-refractivity contribution in [2.75, 3.05) is 55.9 Å². The normalized spacial score (nSPS) is 23.4. The minimum absolute atomic E-state index is 0.0504. The van der Waals surface area contributed by atoms with Gasteiger partial charge in [0.05, 0.1) is 35.8 Å². The Bertz CT molecular complexity index is 4140. The summed E-state index contributed by atoms with van der Waals surface area (Å²) in [4.78, 5) is 270. The number of aromatic nitrogens is 2. The van der Waals surface area contributed by atoms with Crippen LogP contribution in [0.25, 0.3) is 11.0 Å². The molecule has 3 rings (SSSR count). The van der Waals surface area contributed by atoms with E-state index in [1.54, 1.807) is 41.5 Å². The number of carbonyl (C=O) groups is 18. The number of aromatic amines is 1. The summed E-state index contributed by atoms with van der Waals surface area (Å²) in [7, 11) is 9.54. The van der Waals surface area contributed by atoms with E-state index in [1.807, 2.05) is 55.4 Å². The van der Waals surface area contributed by atoms with Crippen LogP contribution in [0.4, 0.5) is 0 Å². The van der Waals surface area contributed by atoms with E-state index in [0.717, 1.165) is 14.7 Å². The molecule has 37 heteroatoms. The molecule has 37 nitrogen and oxygen atoms in total. The van der Waals surface area contributed by atoms with Gasteiger partial charge in [-0.3, -0.25) is 86.3 Å². The molecule has 1 saturated heterocycles. The molecule has 2 heterocycles. The van der Waals surface area contributed by atoms with Gasteiger partial charge in [-0.2, -0.15) is 0 Å². The number of carboxylic acids is 1. The fraction of sp³-hybridized carbons (Fsp3) is 0.713. The van der Waals surface area contributed by atoms with Crippen LogP contribution in [0.3, 0.4) is 0 Å². The molecule has 1 aromatic heterocycles. The van der Waals surface area contributed by atoms with E-state index < -0.39 is 233 Å². The van der Waals surface area contributed by atoms with Crippen LogP contribution in [0, 0.1) is 53.3 Å². The van der Waals surface area contributed by atoms with Crippen molar-refractivity contribution in [3.8, 4) is 0 Å². The highest BCUT2D eigenvalue weighted by molar-refractivity contribution is 6.03. The molecule has 11 N–H and O–H groups in total. The molecule has 0 unspecified atom stereocenters. The van der Waals surface area contributed by atoms with Gasteiger partial charge in [-0.25, -0.2) is 4.98 Å². The fourth-order valence-corrected chi connectivity index (χ4v) is 14.7. The van der Waals surface area contributed by atoms with Gasteiger partial charge >= 0.3 is 5.97 Å². The summed E-state index contributed by atoms with van der Waals surface area (Å²) in [6.07, 6.45) is -2.39. The number of fused-ring (bicyclic) bond motifs is 1. The van der Waals surface area contributed by atoms with Crippen LogP contribution < -0.4 is 42.5 Å². The number of aliphatic carboxylic acids is 1. The molecule has 1 aliphatic heterocycles. The first-order valence-electron chi connectivity index (χ1n) is 43.1. The number of imidazole rings is 1. The number of carbonyl (C=O) groups excluding carboxylic acids is 17. The van der Waals surface area contributed by atoms with Gasteiger partial charge in [0.15, 0.2) is 11.6 Å². The summed E-state index contributed by atoms with van der Waals surface area (Å²) in [5.74, 6) is -18.3. The van der Waals surface area contributed by atoms with Crippen LogP contribution in [0.15, 0.2) is 18.2 Å². The number of nitrogens with zero attached hydrogens (tertiary/aromatic N) is 8. The van der Waals surface area contributed by atoms with Crippen LogP contribution in [0.2, 0.25) is 0 Å². The number of nitrogens with one attached hydrogen (secondary N) is 9. The quantitative estimate of drug-likeness (QED) is 0.0534. The monoisotopic (exact) mass is 1750 g/mol. The van der Waals surface area contributed by atoms with Crippen molar-refractivity contribution >= 4 is 117 Å². The molecule has 15 amide bonds. The van der Waals surface area contributed by atoms with Gasteiger partial charge in [-0.05, 0) is 133 Å². The Hall–Kier alpha value is -10.5. The van der Waals surface area contributed by atoms with Crippen molar-refractivity contribution in [1.29, 1.82) is 0 Å². The third-order valence-electron chi connectivity index (χ3n) is 22.7. The van der Waals surface area contributed by atoms with E-state index in [4.69, 9.17) is 10.1 Å². The zero-order chi connectivity index (χ0) is 95.2. The van der Waals surface area contributed by atoms with Gasteiger partial charge in [-0.15, -0.1) is 0 Å². The second-order valence-electron chi connectivity index (χ2n) is 36.3. The van der Waals surface area contributed by atoms with Crippen LogP contribution in [-0.4, -0.2) is 307 Å². The SMILES string of the molecule is CC[C@@H]1NC(=O)[C@H]([C@H](O)[C@H](C)Cc2nc3ccc(C(=O)N[C@@H](C)C(=O)N[C@@H](C)C(=O)C[C@@H](C)C(=O)N[C@@H](C)C(=O)C[C@@H](C)C(=O)N[C@@H](C)C(=O)O)cc3[nH]2)N(C)C(=O)[C@H](C(C)C)N(C)C(=O)[C@H](CC(C)C)N(C)C(=O)[C@H](CC(C)C)N(C)C(=O)[C@@H](C)NC(=O)[C@H](C)NC(=O)[C@H](CC(C)C)N(C)C(=O)[C@H](C(C)C)NC(=O)[C@H](CC(C)C)N(C)C(=O)CN(C)C1=O. The number of hydrogen-bond donors (Lipinski definition) is 11. The summed E-state index contributed by atoms with van der Waals surface area (Å²) in [6.45, 7) is 35.0. The zero-order valence-corrected chi connectivity index (χ0v) is 78.3. The minimum Gasteiger partial charge on any atom is -0.480 e. The second kappa shape index (κ2) is 48.1. The maximum atomic E-state index is 15.7. The number of ketones is 2. The molecule has 18 atom stereocenters. The first-order valence-corrected chi connectivity index (χ1v) is 43.1. The number of aliphatic hydroxyl groups is 1. The van der Waals surface area contributed by atoms with Crippen molar-refractivity contribution in [3.05, 3.63) is 29.6 Å². The van der Waals surface area contributed by atoms with Crippen LogP contribution in [0.5, 0.6) is 0 Å². The molecule has 0 bridgehead atoms. The molecular weight excluding hydrogens is 1600 g/mol. The lowest BCUT2D eigenvalue weighted by atomic mass is 9.91. The Kier molecular flexibility index (Phi) is 41.8. The third kappa shape index (κ3) is 30.2. The average Bonchev–Trinajstić information content (AvgIpc) is 1.17. The molecule has 0 spiro atoms. The topological polar surface area (TPSA) is 495 Å². The first kappa shape index (κ1) is 108. The van der Waals surface area contributed by atoms with Crippen LogP contribution >= 0.6 is 0 Å². The lowest BCUT2D eigenvalue weighted by Crippen LogP contribution is -2.63. The highest BCUT2D eigenvalue weighted by Crippen LogP contribution is 2.28. The predicted octanol–water partition coefficient (Wildman–Crippen LogP) is 2.33. The molecule has 1 aliphatic rings. The van der Waals surface area contributed by atoms with Crippen molar-refractivity contribution in [3.63, 3.8) is 0 Å². The third-order valence-corrected chi connectivity index (χ3v) is 22.7. The van der Waals surface area contributed by atoms with Gasteiger partial charge < -0.3 is 92.0 Å². The van der Waals surface area contributed by atoms with Gasteiger partial charge in [0, 0.05) is 86.0 Å². The molecule has 0 radical (unpaired) electrons. The highest BCUT2D eigenvalue weighted by Gasteiger charge is 2.47. The molecule has 0 aliphatic carbocycles. The minimum atomic E-state index is -1.87. The molecule has 696 valence electrons. The van der Waals surface area contributed by atoms with Gasteiger partial charge in [0.25, 0.3) is 5.91 Å². The number of rotatable bonds is 30. The molecular formula is C87H143N17O20. The smallest absolute Gasteiger partial charge is 0.325 e. The Labute approximate surface area is 730 Å². The maximum absolute atomic E-state index is 15.7. The van der Waals surface area contributed by atoms with Crippen LogP contribution in [-0.2, 0) is 87.9 Å². The number of aliphatic hydroxyl groups excluding tert-OH is 1. The Balaban J connectivity index is 2.16. The number of benzene rings is 1. The molecule has 1 fully saturated rings. The van der Waals surface area contributed by atoms with E-state index in [-0.39, 0.29) is 86.4 Å². The first-order chi connectivity index (χ1) is 57.3. The van der Waals surface area contributed by atoms with Gasteiger partial charge in [-0.1, -0.05) is 111 Å². The average molecular weight is 1750 g/mol. The zero-order valence-electron chi connectivity index (χ0n) is 78.3. The number of likely N-dealkylation sites (N-methyl/N-ethyl adjacent to an activating group) is 7. The van der Waals surface area contributed by atoms with Gasteiger partial charge in [0.1, 0.15) is 78.3 Å². The number of Topliss-reactive ketones (excluding diaryl/α,β-unsaturated/α-hetero) is 2. The summed E-state index contributed by atoms with van der Waals surface area (Å²) >= 11 is 0. The molecule has 124 heavy (non-hydrogen) atoms. The lowest BCUT2D eigenvalue weighted by Gasteiger charge is -2.41. The molecule has 0 saturated carbocycles. The van der Waals surface area contributed by atoms with Crippen LogP contribution in [0.1, 0.15) is 213 Å². The second-order valence-corrected chi connectivity index (χ2v) is 36.3. The number of carboxylic acid groups (broad SMARTS) is 1. The van der Waals surface area contributed by atoms with Crippen molar-refractivity contribution in [2.45, 2.75) is 294 Å². The van der Waals surface area contributed by atoms with E-state index in [1.165, 1.54) is 143 Å². The summed E-state index contributed by atoms with van der Waals surface area (Å²) in [5, 5.41) is 42.9. The Morgan fingerprint density at radius 3 is 1.37 bits per heavy atom. The number of H-pyrrole nitrogens is 1. The van der Waals surface area contributed by atoms with Gasteiger partial charge in [0.2, 0.25) is 82.7 Å². The fourth-order valence-electron chi connectivity index (χ4n) is 14.7. The van der Waals surface area contributed by atoms with E-state index in [2.05, 4.69) is 47.5 Å². The van der Waals surface area contributed by atoms with E-state index in [0.29, 0.717) is 11.0 Å². The number of amides is 15. The summed E-state index contributed by atoms with van der Waals surface area (Å²) in [6, 6.07) is -13.7. The highest BCUT2D eigenvalue weighted by atomic mass is 16.4. The predicted molar refractivity (Wildman–Crippen MR) is 464 cm³/mol. The number of hydrogen-bond acceptors (Lipinski definition) is 20. The standard InChI is InChI=1S/C87H143N17O20/c1-30-58-82(118)98(23)41-68(107)99(24)61(33-42(2)3)79(115)97-69(46(10)11)85(121)100(25)62(34-43(4)5)78(114)91-54(20)76(112)92-55(21)81(117)101(26)63(35-44(6)7)83(119)102(27)64(36-45(8)9)84(120)103(28)70(47(12)13)86(122)104(29)71(80(116)96-58)72(108)48(14)39-67-94-59-32-31-57(40-60(59)95-67)77(113)90-53(19)75(111)89-52(18)66(106)37-49(15)73(109)88-51(17)65(105)38-50(16)74(110)93-56(22)87(123)124/h31-32,40,42-56,58,61-64,69-72,108H,30,33-39,41H2,1-29H3,(H,88,109)(H,89,111)(H,90,113)(H,91,114)(H,92,112)(H,93,110)(H,94,95)(H,96,116)(H,97,115)(H,123,124)/t48-,49-,50-,51+,52+,53+,54+,55-,56+,58+,61+,62+,63+,64+,69+,70+,71+,72-/m1/s1. The molecule has 2 aromatic rings. The van der Waals surface area contributed by atoms with Crippen molar-refractivity contribution < 1.29 is 96.5 Å². The Morgan fingerprint density at radius 1 is 0.460 bits per heavy atom. The molecule has 1 aromatic carbocycles. The summed E-state index contributed by atoms with van der Waals surface area (Å²) in [5.41, 5.74) is 0.712. The van der Waals surface area contributed by atoms with E-state index >= 15 is 19.2 Å². The Morgan fingerprint density at radius 2 is 0.895 bits per heavy atom. The van der Waals surface area contributed by atoms with Crippen molar-refractivity contribution in [1.82, 2.24) is 86.8 Å². The summed E-state index contributed by atoms with van der Waals surface area (Å²) < 4.78 is 0. The van der Waals surface area contributed by atoms with E-state index in [9.17, 15) is 72.2 Å². The van der Waals surface area contributed by atoms with Crippen molar-refractivity contribution in [2.24, 2.45) is 53.3 Å².